The molecule has 0 bridgehead atoms. The summed E-state index contributed by atoms with van der Waals surface area (Å²) in [4.78, 5) is 9.31. The van der Waals surface area contributed by atoms with Crippen molar-refractivity contribution in [3.05, 3.63) is 133 Å². The SMILES string of the molecule is Clc1nc(-c2cccc(-c3cccc4cccc(-c5ccccc5)c34)c2)c2ccc3ccccc3c2n1. The van der Waals surface area contributed by atoms with Crippen molar-refractivity contribution < 1.29 is 0 Å². The van der Waals surface area contributed by atoms with Crippen LogP contribution in [0.15, 0.2) is 127 Å². The van der Waals surface area contributed by atoms with E-state index in [0.29, 0.717) is 0 Å². The van der Waals surface area contributed by atoms with Gasteiger partial charge in [-0.15, -0.1) is 0 Å². The van der Waals surface area contributed by atoms with Crippen molar-refractivity contribution in [2.75, 3.05) is 0 Å². The van der Waals surface area contributed by atoms with Crippen LogP contribution in [0.4, 0.5) is 0 Å². The Morgan fingerprint density at radius 1 is 0.459 bits per heavy atom. The topological polar surface area (TPSA) is 25.8 Å². The van der Waals surface area contributed by atoms with Gasteiger partial charge in [-0.25, -0.2) is 9.97 Å². The number of rotatable bonds is 3. The van der Waals surface area contributed by atoms with Gasteiger partial charge >= 0.3 is 0 Å². The summed E-state index contributed by atoms with van der Waals surface area (Å²) in [5.74, 6) is 0. The Morgan fingerprint density at radius 2 is 1.11 bits per heavy atom. The lowest BCUT2D eigenvalue weighted by molar-refractivity contribution is 1.23. The maximum Gasteiger partial charge on any atom is 0.223 e. The van der Waals surface area contributed by atoms with Crippen LogP contribution in [0.5, 0.6) is 0 Å². The number of benzene rings is 6. The molecule has 0 spiro atoms. The van der Waals surface area contributed by atoms with Crippen LogP contribution in [-0.4, -0.2) is 9.97 Å². The van der Waals surface area contributed by atoms with Gasteiger partial charge in [0, 0.05) is 16.3 Å². The highest BCUT2D eigenvalue weighted by atomic mass is 35.5. The fraction of sp³-hybridized carbons (Fsp3) is 0. The average molecular weight is 493 g/mol. The molecule has 1 heterocycles. The molecule has 0 saturated carbocycles. The molecule has 37 heavy (non-hydrogen) atoms. The molecule has 174 valence electrons. The molecular weight excluding hydrogens is 472 g/mol. The van der Waals surface area contributed by atoms with Gasteiger partial charge < -0.3 is 0 Å². The summed E-state index contributed by atoms with van der Waals surface area (Å²) in [6.07, 6.45) is 0. The number of hydrogen-bond donors (Lipinski definition) is 0. The standard InChI is InChI=1S/C34H21ClN2/c35-34-36-32(30-20-19-23-11-4-5-16-29(23)33(30)37-34)26-15-6-14-25(21-26)28-18-8-13-24-12-7-17-27(31(24)28)22-9-2-1-3-10-22/h1-21H. The maximum atomic E-state index is 6.48. The van der Waals surface area contributed by atoms with E-state index in [9.17, 15) is 0 Å². The molecule has 2 nitrogen and oxygen atoms in total. The first-order chi connectivity index (χ1) is 18.3. The third-order valence-corrected chi connectivity index (χ3v) is 7.17. The molecule has 6 aromatic carbocycles. The van der Waals surface area contributed by atoms with Crippen LogP contribution < -0.4 is 0 Å². The van der Waals surface area contributed by atoms with Gasteiger partial charge in [0.25, 0.3) is 0 Å². The van der Waals surface area contributed by atoms with Crippen LogP contribution >= 0.6 is 11.6 Å². The Morgan fingerprint density at radius 3 is 1.95 bits per heavy atom. The van der Waals surface area contributed by atoms with E-state index >= 15 is 0 Å². The summed E-state index contributed by atoms with van der Waals surface area (Å²) >= 11 is 6.48. The molecule has 0 fully saturated rings. The molecule has 7 aromatic rings. The maximum absolute atomic E-state index is 6.48. The van der Waals surface area contributed by atoms with Gasteiger partial charge in [0.15, 0.2) is 0 Å². The normalized spacial score (nSPS) is 11.4. The van der Waals surface area contributed by atoms with E-state index in [-0.39, 0.29) is 5.28 Å². The predicted molar refractivity (Wildman–Crippen MR) is 156 cm³/mol. The minimum absolute atomic E-state index is 0.251. The third kappa shape index (κ3) is 3.74. The van der Waals surface area contributed by atoms with Gasteiger partial charge in [0.1, 0.15) is 0 Å². The molecule has 0 saturated heterocycles. The van der Waals surface area contributed by atoms with Gasteiger partial charge in [0.05, 0.1) is 11.2 Å². The lowest BCUT2D eigenvalue weighted by atomic mass is 9.90. The van der Waals surface area contributed by atoms with Crippen molar-refractivity contribution in [2.45, 2.75) is 0 Å². The van der Waals surface area contributed by atoms with Crippen LogP contribution in [0.3, 0.4) is 0 Å². The Balaban J connectivity index is 1.46. The number of nitrogens with zero attached hydrogens (tertiary/aromatic N) is 2. The molecule has 0 aliphatic rings. The Labute approximate surface area is 219 Å². The average Bonchev–Trinajstić information content (AvgIpc) is 2.96. The Kier molecular flexibility index (Phi) is 5.20. The monoisotopic (exact) mass is 492 g/mol. The minimum Gasteiger partial charge on any atom is -0.217 e. The molecular formula is C34H21ClN2. The summed E-state index contributed by atoms with van der Waals surface area (Å²) in [6.45, 7) is 0. The summed E-state index contributed by atoms with van der Waals surface area (Å²) in [5, 5.41) is 5.90. The number of halogens is 1. The smallest absolute Gasteiger partial charge is 0.217 e. The van der Waals surface area contributed by atoms with E-state index in [0.717, 1.165) is 38.5 Å². The van der Waals surface area contributed by atoms with Crippen molar-refractivity contribution in [2.24, 2.45) is 0 Å². The highest BCUT2D eigenvalue weighted by Gasteiger charge is 2.14. The molecule has 0 radical (unpaired) electrons. The van der Waals surface area contributed by atoms with Crippen LogP contribution in [0.2, 0.25) is 5.28 Å². The lowest BCUT2D eigenvalue weighted by Gasteiger charge is -2.14. The zero-order valence-corrected chi connectivity index (χ0v) is 20.7. The van der Waals surface area contributed by atoms with Crippen LogP contribution in [0, 0.1) is 0 Å². The van der Waals surface area contributed by atoms with E-state index in [1.54, 1.807) is 0 Å². The van der Waals surface area contributed by atoms with Gasteiger partial charge in [-0.1, -0.05) is 115 Å². The Bertz CT molecular complexity index is 1940. The van der Waals surface area contributed by atoms with E-state index in [1.807, 2.05) is 12.1 Å². The predicted octanol–water partition coefficient (Wildman–Crippen LogP) is 9.59. The number of fused-ring (bicyclic) bond motifs is 4. The van der Waals surface area contributed by atoms with Crippen molar-refractivity contribution in [3.63, 3.8) is 0 Å². The minimum atomic E-state index is 0.251. The second-order valence-corrected chi connectivity index (χ2v) is 9.52. The molecule has 0 unspecified atom stereocenters. The summed E-state index contributed by atoms with van der Waals surface area (Å²) in [7, 11) is 0. The largest absolute Gasteiger partial charge is 0.223 e. The molecule has 0 aliphatic carbocycles. The summed E-state index contributed by atoms with van der Waals surface area (Å²) < 4.78 is 0. The van der Waals surface area contributed by atoms with Crippen LogP contribution in [0.25, 0.3) is 66.0 Å². The summed E-state index contributed by atoms with van der Waals surface area (Å²) in [6, 6.07) is 44.6. The quantitative estimate of drug-likeness (QED) is 0.181. The van der Waals surface area contributed by atoms with Gasteiger partial charge in [-0.05, 0) is 62.1 Å². The van der Waals surface area contributed by atoms with Crippen LogP contribution in [0.1, 0.15) is 0 Å². The zero-order chi connectivity index (χ0) is 24.8. The van der Waals surface area contributed by atoms with E-state index in [4.69, 9.17) is 16.6 Å². The first-order valence-electron chi connectivity index (χ1n) is 12.3. The van der Waals surface area contributed by atoms with E-state index in [1.165, 1.54) is 27.5 Å². The third-order valence-electron chi connectivity index (χ3n) is 7.00. The van der Waals surface area contributed by atoms with Crippen LogP contribution in [-0.2, 0) is 0 Å². The second-order valence-electron chi connectivity index (χ2n) is 9.18. The van der Waals surface area contributed by atoms with Crippen molar-refractivity contribution in [1.82, 2.24) is 9.97 Å². The molecule has 0 aliphatic heterocycles. The van der Waals surface area contributed by atoms with Gasteiger partial charge in [-0.2, -0.15) is 0 Å². The van der Waals surface area contributed by atoms with Gasteiger partial charge in [0.2, 0.25) is 5.28 Å². The van der Waals surface area contributed by atoms with Gasteiger partial charge in [-0.3, -0.25) is 0 Å². The fourth-order valence-corrected chi connectivity index (χ4v) is 5.50. The van der Waals surface area contributed by atoms with Crippen molar-refractivity contribution in [1.29, 1.82) is 0 Å². The molecule has 0 atom stereocenters. The fourth-order valence-electron chi connectivity index (χ4n) is 5.33. The Hall–Kier alpha value is -4.53. The number of aromatic nitrogens is 2. The molecule has 1 aromatic heterocycles. The number of hydrogen-bond acceptors (Lipinski definition) is 2. The zero-order valence-electron chi connectivity index (χ0n) is 19.9. The molecule has 7 rings (SSSR count). The molecule has 3 heteroatoms. The summed E-state index contributed by atoms with van der Waals surface area (Å²) in [5.41, 5.74) is 7.47. The first kappa shape index (κ1) is 21.7. The first-order valence-corrected chi connectivity index (χ1v) is 12.7. The van der Waals surface area contributed by atoms with Crippen molar-refractivity contribution >= 4 is 44.0 Å². The van der Waals surface area contributed by atoms with E-state index < -0.39 is 0 Å². The van der Waals surface area contributed by atoms with E-state index in [2.05, 4.69) is 120 Å². The second kappa shape index (κ2) is 8.85. The highest BCUT2D eigenvalue weighted by Crippen LogP contribution is 2.38. The highest BCUT2D eigenvalue weighted by molar-refractivity contribution is 6.29. The van der Waals surface area contributed by atoms with Crippen molar-refractivity contribution in [3.8, 4) is 33.5 Å². The lowest BCUT2D eigenvalue weighted by Crippen LogP contribution is -1.93. The molecule has 0 N–H and O–H groups in total. The molecule has 0 amide bonds.